The molecule has 216 valence electrons. The quantitative estimate of drug-likeness (QED) is 0.175. The number of thiazole rings is 1. The summed E-state index contributed by atoms with van der Waals surface area (Å²) in [5.74, 6) is -1.03. The maximum absolute atomic E-state index is 14.0. The molecule has 42 heavy (non-hydrogen) atoms. The summed E-state index contributed by atoms with van der Waals surface area (Å²) in [5, 5.41) is 12.6. The third kappa shape index (κ3) is 5.16. The van der Waals surface area contributed by atoms with Gasteiger partial charge in [-0.3, -0.25) is 24.3 Å². The first-order chi connectivity index (χ1) is 20.1. The zero-order valence-electron chi connectivity index (χ0n) is 23.4. The topological polar surface area (TPSA) is 135 Å². The minimum atomic E-state index is -0.980. The summed E-state index contributed by atoms with van der Waals surface area (Å²) in [5.41, 5.74) is 2.32. The molecule has 0 N–H and O–H groups in total. The predicted molar refractivity (Wildman–Crippen MR) is 157 cm³/mol. The number of carbonyl (C=O) groups is 2. The van der Waals surface area contributed by atoms with Gasteiger partial charge in [-0.1, -0.05) is 41.7 Å². The maximum Gasteiger partial charge on any atom is 0.338 e. The van der Waals surface area contributed by atoms with Gasteiger partial charge in [0.05, 0.1) is 40.0 Å². The van der Waals surface area contributed by atoms with E-state index in [9.17, 15) is 24.5 Å². The zero-order chi connectivity index (χ0) is 30.1. The molecule has 1 atom stereocenters. The lowest BCUT2D eigenvalue weighted by molar-refractivity contribution is -0.385. The highest BCUT2D eigenvalue weighted by Crippen LogP contribution is 2.33. The van der Waals surface area contributed by atoms with Gasteiger partial charge >= 0.3 is 11.9 Å². The molecule has 1 aliphatic heterocycles. The van der Waals surface area contributed by atoms with E-state index in [1.165, 1.54) is 10.6 Å². The van der Waals surface area contributed by atoms with E-state index in [2.05, 4.69) is 4.99 Å². The number of rotatable bonds is 8. The number of benzene rings is 2. The molecule has 0 saturated heterocycles. The van der Waals surface area contributed by atoms with Crippen LogP contribution in [-0.2, 0) is 25.6 Å². The Morgan fingerprint density at radius 1 is 1.12 bits per heavy atom. The predicted octanol–water partition coefficient (Wildman–Crippen LogP) is 3.53. The van der Waals surface area contributed by atoms with Crippen LogP contribution in [0, 0.1) is 17.0 Å². The van der Waals surface area contributed by atoms with E-state index in [1.54, 1.807) is 56.7 Å². The van der Waals surface area contributed by atoms with Crippen LogP contribution in [-0.4, -0.2) is 39.2 Å². The number of carbonyl (C=O) groups excluding carboxylic acids is 2. The monoisotopic (exact) mass is 588 g/mol. The van der Waals surface area contributed by atoms with Gasteiger partial charge in [0.15, 0.2) is 4.80 Å². The third-order valence-electron chi connectivity index (χ3n) is 6.97. The van der Waals surface area contributed by atoms with Crippen molar-refractivity contribution < 1.29 is 24.0 Å². The van der Waals surface area contributed by atoms with Crippen LogP contribution in [0.25, 0.3) is 17.0 Å². The fraction of sp³-hybridized carbons (Fsp3) is 0.267. The van der Waals surface area contributed by atoms with Crippen molar-refractivity contribution in [3.05, 3.63) is 106 Å². The van der Waals surface area contributed by atoms with E-state index in [0.29, 0.717) is 31.7 Å². The summed E-state index contributed by atoms with van der Waals surface area (Å²) in [7, 11) is 0. The number of nitro benzene ring substituents is 1. The minimum absolute atomic E-state index is 0.0116. The first-order valence-corrected chi connectivity index (χ1v) is 14.1. The van der Waals surface area contributed by atoms with Crippen molar-refractivity contribution in [2.75, 3.05) is 13.2 Å². The van der Waals surface area contributed by atoms with Gasteiger partial charge in [0.25, 0.3) is 11.2 Å². The van der Waals surface area contributed by atoms with Crippen molar-refractivity contribution in [1.29, 1.82) is 0 Å². The lowest BCUT2D eigenvalue weighted by Gasteiger charge is -2.24. The Labute approximate surface area is 243 Å². The zero-order valence-corrected chi connectivity index (χ0v) is 24.3. The number of aromatic nitrogens is 2. The van der Waals surface area contributed by atoms with E-state index in [-0.39, 0.29) is 37.0 Å². The normalized spacial score (nSPS) is 15.0. The van der Waals surface area contributed by atoms with Crippen molar-refractivity contribution in [2.45, 2.75) is 40.3 Å². The molecule has 4 aromatic rings. The van der Waals surface area contributed by atoms with E-state index in [1.807, 2.05) is 24.3 Å². The molecule has 0 fully saturated rings. The second kappa shape index (κ2) is 11.6. The van der Waals surface area contributed by atoms with Gasteiger partial charge in [-0.25, -0.2) is 9.79 Å². The number of nitrogens with zero attached hydrogens (tertiary/aromatic N) is 4. The molecule has 0 saturated carbocycles. The van der Waals surface area contributed by atoms with Gasteiger partial charge in [0.1, 0.15) is 6.54 Å². The van der Waals surface area contributed by atoms with Crippen LogP contribution in [0.1, 0.15) is 43.5 Å². The first kappa shape index (κ1) is 28.7. The second-order valence-corrected chi connectivity index (χ2v) is 10.6. The smallest absolute Gasteiger partial charge is 0.338 e. The Bertz CT molecular complexity index is 1960. The Balaban J connectivity index is 1.72. The molecule has 5 rings (SSSR count). The number of hydrogen-bond donors (Lipinski definition) is 0. The largest absolute Gasteiger partial charge is 0.465 e. The average molecular weight is 589 g/mol. The summed E-state index contributed by atoms with van der Waals surface area (Å²) < 4.78 is 13.9. The van der Waals surface area contributed by atoms with Gasteiger partial charge in [0.2, 0.25) is 0 Å². The summed E-state index contributed by atoms with van der Waals surface area (Å²) >= 11 is 1.15. The third-order valence-corrected chi connectivity index (χ3v) is 7.96. The van der Waals surface area contributed by atoms with Crippen LogP contribution < -0.4 is 14.9 Å². The molecule has 2 aromatic carbocycles. The first-order valence-electron chi connectivity index (χ1n) is 13.3. The number of esters is 2. The highest BCUT2D eigenvalue weighted by molar-refractivity contribution is 7.07. The highest BCUT2D eigenvalue weighted by Gasteiger charge is 2.34. The molecule has 0 radical (unpaired) electrons. The Kier molecular flexibility index (Phi) is 7.90. The lowest BCUT2D eigenvalue weighted by atomic mass is 9.94. The number of aryl methyl sites for hydroxylation is 1. The van der Waals surface area contributed by atoms with Gasteiger partial charge in [-0.2, -0.15) is 0 Å². The van der Waals surface area contributed by atoms with Gasteiger partial charge in [0, 0.05) is 34.3 Å². The van der Waals surface area contributed by atoms with E-state index >= 15 is 0 Å². The Morgan fingerprint density at radius 3 is 2.57 bits per heavy atom. The van der Waals surface area contributed by atoms with Gasteiger partial charge in [-0.15, -0.1) is 0 Å². The van der Waals surface area contributed by atoms with Crippen LogP contribution in [0.15, 0.2) is 69.7 Å². The molecule has 2 aromatic heterocycles. The standard InChI is InChI=1S/C30H28N4O7S/c1-5-40-25(35)16-32-15-20(21-9-7-8-10-22(21)32)14-24-28(36)33-27(19-12-11-17(3)23(13-19)34(38)39)26(29(37)41-6-2)18(4)31-30(33)42-24/h7-15,27H,5-6,16H2,1-4H3/b24-14+/t27-/m0/s1. The molecule has 0 bridgehead atoms. The SMILES string of the molecule is CCOC(=O)Cn1cc(/C=c2/sc3n(c2=O)[C@@H](c2ccc(C)c([N+](=O)[O-])c2)C(C(=O)OCC)=C(C)N=3)c2ccccc21. The summed E-state index contributed by atoms with van der Waals surface area (Å²) in [4.78, 5) is 55.6. The van der Waals surface area contributed by atoms with E-state index in [0.717, 1.165) is 22.2 Å². The van der Waals surface area contributed by atoms with E-state index < -0.39 is 22.5 Å². The van der Waals surface area contributed by atoms with Crippen LogP contribution in [0.5, 0.6) is 0 Å². The van der Waals surface area contributed by atoms with Gasteiger partial charge < -0.3 is 14.0 Å². The molecular weight excluding hydrogens is 560 g/mol. The Hall–Kier alpha value is -4.84. The van der Waals surface area contributed by atoms with E-state index in [4.69, 9.17) is 9.47 Å². The molecule has 0 spiro atoms. The van der Waals surface area contributed by atoms with Crippen molar-refractivity contribution in [3.63, 3.8) is 0 Å². The molecule has 12 heteroatoms. The summed E-state index contributed by atoms with van der Waals surface area (Å²) in [6.07, 6.45) is 3.52. The van der Waals surface area contributed by atoms with Crippen molar-refractivity contribution in [3.8, 4) is 0 Å². The average Bonchev–Trinajstić information content (AvgIpc) is 3.44. The molecule has 1 aliphatic rings. The summed E-state index contributed by atoms with van der Waals surface area (Å²) in [6.45, 7) is 7.08. The van der Waals surface area contributed by atoms with Crippen molar-refractivity contribution in [1.82, 2.24) is 9.13 Å². The molecule has 0 unspecified atom stereocenters. The van der Waals surface area contributed by atoms with Crippen molar-refractivity contribution >= 4 is 45.9 Å². The lowest BCUT2D eigenvalue weighted by Crippen LogP contribution is -2.40. The van der Waals surface area contributed by atoms with Crippen LogP contribution in [0.3, 0.4) is 0 Å². The number of hydrogen-bond acceptors (Lipinski definition) is 9. The number of fused-ring (bicyclic) bond motifs is 2. The molecule has 0 amide bonds. The molecule has 11 nitrogen and oxygen atoms in total. The maximum atomic E-state index is 14.0. The number of nitro groups is 1. The number of allylic oxidation sites excluding steroid dienone is 1. The second-order valence-electron chi connectivity index (χ2n) is 9.64. The highest BCUT2D eigenvalue weighted by atomic mass is 32.1. The minimum Gasteiger partial charge on any atom is -0.465 e. The number of para-hydroxylation sites is 1. The van der Waals surface area contributed by atoms with Gasteiger partial charge in [-0.05, 0) is 45.4 Å². The fourth-order valence-electron chi connectivity index (χ4n) is 5.11. The van der Waals surface area contributed by atoms with Crippen LogP contribution >= 0.6 is 11.3 Å². The molecule has 3 heterocycles. The summed E-state index contributed by atoms with van der Waals surface area (Å²) in [6, 6.07) is 11.2. The fourth-order valence-corrected chi connectivity index (χ4v) is 6.15. The van der Waals surface area contributed by atoms with Crippen LogP contribution in [0.2, 0.25) is 0 Å². The van der Waals surface area contributed by atoms with Crippen LogP contribution in [0.4, 0.5) is 5.69 Å². The molecular formula is C30H28N4O7S. The number of ether oxygens (including phenoxy) is 2. The molecule has 0 aliphatic carbocycles. The van der Waals surface area contributed by atoms with Crippen molar-refractivity contribution in [2.24, 2.45) is 4.99 Å². The Morgan fingerprint density at radius 2 is 1.86 bits per heavy atom.